The Balaban J connectivity index is 1.88. The summed E-state index contributed by atoms with van der Waals surface area (Å²) in [7, 11) is 0. The average molecular weight is 101 g/mol. The smallest absolute Gasteiger partial charge is 0.417 e. The standard InChI is InChI=1S/C4H5O3/c5-3-6-1-4-2-7-4/h4H,1-2H2. The molecule has 39 valence electrons. The van der Waals surface area contributed by atoms with E-state index in [-0.39, 0.29) is 6.10 Å². The van der Waals surface area contributed by atoms with Crippen molar-refractivity contribution < 1.29 is 14.3 Å². The highest BCUT2D eigenvalue weighted by molar-refractivity contribution is 5.38. The zero-order valence-corrected chi connectivity index (χ0v) is 3.72. The number of carbonyl (C=O) groups excluding carboxylic acids is 1. The number of epoxide rings is 1. The monoisotopic (exact) mass is 101 g/mol. The summed E-state index contributed by atoms with van der Waals surface area (Å²) in [5, 5.41) is 0. The molecule has 1 radical (unpaired) electrons. The van der Waals surface area contributed by atoms with Crippen LogP contribution in [0.2, 0.25) is 0 Å². The third kappa shape index (κ3) is 1.55. The molecule has 1 unspecified atom stereocenters. The number of ether oxygens (including phenoxy) is 2. The van der Waals surface area contributed by atoms with Gasteiger partial charge in [0.25, 0.3) is 0 Å². The van der Waals surface area contributed by atoms with Gasteiger partial charge in [-0.25, -0.2) is 4.79 Å². The first-order valence-corrected chi connectivity index (χ1v) is 2.04. The molecule has 1 saturated heterocycles. The molecule has 1 rings (SSSR count). The van der Waals surface area contributed by atoms with Crippen LogP contribution in [0.25, 0.3) is 0 Å². The molecular formula is C4H5O3. The molecule has 0 N–H and O–H groups in total. The highest BCUT2D eigenvalue weighted by Gasteiger charge is 2.22. The van der Waals surface area contributed by atoms with Gasteiger partial charge in [0.1, 0.15) is 12.7 Å². The van der Waals surface area contributed by atoms with Crippen molar-refractivity contribution in [1.29, 1.82) is 0 Å². The van der Waals surface area contributed by atoms with Crippen LogP contribution in [0.15, 0.2) is 0 Å². The summed E-state index contributed by atoms with van der Waals surface area (Å²) < 4.78 is 8.93. The number of rotatable bonds is 3. The van der Waals surface area contributed by atoms with E-state index < -0.39 is 0 Å². The van der Waals surface area contributed by atoms with Crippen LogP contribution in [0.1, 0.15) is 0 Å². The summed E-state index contributed by atoms with van der Waals surface area (Å²) in [6, 6.07) is 0. The van der Waals surface area contributed by atoms with Crippen LogP contribution in [-0.2, 0) is 14.3 Å². The molecule has 1 aliphatic rings. The predicted molar refractivity (Wildman–Crippen MR) is 21.4 cm³/mol. The second-order valence-electron chi connectivity index (χ2n) is 1.35. The summed E-state index contributed by atoms with van der Waals surface area (Å²) in [5.41, 5.74) is 0. The summed E-state index contributed by atoms with van der Waals surface area (Å²) in [4.78, 5) is 9.33. The van der Waals surface area contributed by atoms with Crippen LogP contribution < -0.4 is 0 Å². The lowest BCUT2D eigenvalue weighted by Crippen LogP contribution is -1.97. The van der Waals surface area contributed by atoms with Crippen molar-refractivity contribution in [2.75, 3.05) is 13.2 Å². The molecule has 7 heavy (non-hydrogen) atoms. The van der Waals surface area contributed by atoms with Crippen LogP contribution in [-0.4, -0.2) is 25.8 Å². The van der Waals surface area contributed by atoms with Gasteiger partial charge < -0.3 is 9.47 Å². The highest BCUT2D eigenvalue weighted by atomic mass is 16.6. The molecule has 1 atom stereocenters. The fourth-order valence-electron chi connectivity index (χ4n) is 0.291. The molecule has 1 heterocycles. The van der Waals surface area contributed by atoms with E-state index in [1.807, 2.05) is 0 Å². The summed E-state index contributed by atoms with van der Waals surface area (Å²) in [6.07, 6.45) is 0.168. The van der Waals surface area contributed by atoms with Crippen LogP contribution in [0.5, 0.6) is 0 Å². The Bertz CT molecular complexity index is 67.3. The molecule has 0 aromatic carbocycles. The van der Waals surface area contributed by atoms with Crippen LogP contribution in [0.4, 0.5) is 0 Å². The lowest BCUT2D eigenvalue weighted by Gasteiger charge is -1.85. The SMILES string of the molecule is O=[C]OCC1CO1. The minimum absolute atomic E-state index is 0.168. The molecule has 3 heteroatoms. The van der Waals surface area contributed by atoms with Crippen molar-refractivity contribution in [2.24, 2.45) is 0 Å². The zero-order valence-electron chi connectivity index (χ0n) is 3.72. The van der Waals surface area contributed by atoms with E-state index >= 15 is 0 Å². The van der Waals surface area contributed by atoms with E-state index in [1.54, 1.807) is 0 Å². The third-order valence-electron chi connectivity index (χ3n) is 0.731. The fourth-order valence-corrected chi connectivity index (χ4v) is 0.291. The highest BCUT2D eigenvalue weighted by Crippen LogP contribution is 2.07. The van der Waals surface area contributed by atoms with Crippen LogP contribution in [0.3, 0.4) is 0 Å². The maximum atomic E-state index is 9.33. The van der Waals surface area contributed by atoms with Gasteiger partial charge in [0.15, 0.2) is 0 Å². The summed E-state index contributed by atoms with van der Waals surface area (Å²) in [6.45, 7) is 2.40. The lowest BCUT2D eigenvalue weighted by atomic mass is 10.5. The molecule has 0 saturated carbocycles. The van der Waals surface area contributed by atoms with Gasteiger partial charge in [-0.15, -0.1) is 0 Å². The Kier molecular flexibility index (Phi) is 1.26. The van der Waals surface area contributed by atoms with E-state index in [0.717, 1.165) is 6.61 Å². The zero-order chi connectivity index (χ0) is 5.11. The minimum atomic E-state index is 0.168. The maximum absolute atomic E-state index is 9.33. The second kappa shape index (κ2) is 1.93. The fraction of sp³-hybridized carbons (Fsp3) is 0.750. The van der Waals surface area contributed by atoms with Crippen molar-refractivity contribution >= 4 is 6.47 Å². The van der Waals surface area contributed by atoms with E-state index in [9.17, 15) is 4.79 Å². The molecule has 0 bridgehead atoms. The van der Waals surface area contributed by atoms with Crippen LogP contribution in [0, 0.1) is 0 Å². The minimum Gasteiger partial charge on any atom is -0.454 e. The first kappa shape index (κ1) is 4.59. The molecule has 0 spiro atoms. The normalized spacial score (nSPS) is 26.6. The number of hydrogen-bond donors (Lipinski definition) is 0. The van der Waals surface area contributed by atoms with Gasteiger partial charge in [-0.3, -0.25) is 0 Å². The third-order valence-corrected chi connectivity index (χ3v) is 0.731. The average Bonchev–Trinajstić information content (AvgIpc) is 2.42. The molecule has 1 aliphatic heterocycles. The second-order valence-corrected chi connectivity index (χ2v) is 1.35. The summed E-state index contributed by atoms with van der Waals surface area (Å²) >= 11 is 0. The Morgan fingerprint density at radius 3 is 3.14 bits per heavy atom. The molecule has 1 fully saturated rings. The van der Waals surface area contributed by atoms with Gasteiger partial charge in [0.2, 0.25) is 0 Å². The van der Waals surface area contributed by atoms with Gasteiger partial charge in [0, 0.05) is 0 Å². The van der Waals surface area contributed by atoms with E-state index in [2.05, 4.69) is 4.74 Å². The van der Waals surface area contributed by atoms with E-state index in [4.69, 9.17) is 4.74 Å². The van der Waals surface area contributed by atoms with E-state index in [0.29, 0.717) is 6.61 Å². The first-order valence-electron chi connectivity index (χ1n) is 2.04. The van der Waals surface area contributed by atoms with Crippen LogP contribution >= 0.6 is 0 Å². The van der Waals surface area contributed by atoms with Crippen molar-refractivity contribution in [3.63, 3.8) is 0 Å². The van der Waals surface area contributed by atoms with Gasteiger partial charge in [0.05, 0.1) is 6.61 Å². The molecule has 0 aromatic rings. The van der Waals surface area contributed by atoms with Crippen molar-refractivity contribution in [2.45, 2.75) is 6.10 Å². The molecule has 0 aromatic heterocycles. The Morgan fingerprint density at radius 1 is 2.00 bits per heavy atom. The maximum Gasteiger partial charge on any atom is 0.417 e. The van der Waals surface area contributed by atoms with Gasteiger partial charge in [-0.05, 0) is 0 Å². The first-order chi connectivity index (χ1) is 3.43. The Labute approximate surface area is 41.2 Å². The van der Waals surface area contributed by atoms with Gasteiger partial charge >= 0.3 is 6.47 Å². The Morgan fingerprint density at radius 2 is 2.71 bits per heavy atom. The predicted octanol–water partition coefficient (Wildman–Crippen LogP) is -0.531. The molecule has 0 amide bonds. The topological polar surface area (TPSA) is 38.8 Å². The largest absolute Gasteiger partial charge is 0.454 e. The van der Waals surface area contributed by atoms with Gasteiger partial charge in [-0.1, -0.05) is 0 Å². The Hall–Kier alpha value is -0.570. The number of hydrogen-bond acceptors (Lipinski definition) is 3. The quantitative estimate of drug-likeness (QED) is 0.448. The van der Waals surface area contributed by atoms with E-state index in [1.165, 1.54) is 6.47 Å². The molecule has 0 aliphatic carbocycles. The molecular weight excluding hydrogens is 96.0 g/mol. The van der Waals surface area contributed by atoms with Crippen molar-refractivity contribution in [3.05, 3.63) is 0 Å². The summed E-state index contributed by atoms with van der Waals surface area (Å²) in [5.74, 6) is 0. The van der Waals surface area contributed by atoms with Gasteiger partial charge in [-0.2, -0.15) is 0 Å². The lowest BCUT2D eigenvalue weighted by molar-refractivity contribution is 0.238. The van der Waals surface area contributed by atoms with Crippen molar-refractivity contribution in [1.82, 2.24) is 0 Å². The van der Waals surface area contributed by atoms with Crippen molar-refractivity contribution in [3.8, 4) is 0 Å². The molecule has 3 nitrogen and oxygen atoms in total.